The van der Waals surface area contributed by atoms with Crippen molar-refractivity contribution < 1.29 is 4.79 Å². The molecule has 21 heavy (non-hydrogen) atoms. The van der Waals surface area contributed by atoms with Crippen LogP contribution >= 0.6 is 23.1 Å². The summed E-state index contributed by atoms with van der Waals surface area (Å²) in [5.41, 5.74) is 6.20. The van der Waals surface area contributed by atoms with Crippen LogP contribution in [0.15, 0.2) is 4.34 Å². The third-order valence-corrected chi connectivity index (χ3v) is 5.39. The summed E-state index contributed by atoms with van der Waals surface area (Å²) in [6, 6.07) is -0.187. The van der Waals surface area contributed by atoms with E-state index >= 15 is 0 Å². The predicted molar refractivity (Wildman–Crippen MR) is 84.5 cm³/mol. The number of nitrogens with two attached hydrogens (primary N) is 1. The fourth-order valence-electron chi connectivity index (χ4n) is 1.64. The quantitative estimate of drug-likeness (QED) is 0.807. The van der Waals surface area contributed by atoms with Crippen LogP contribution in [0.3, 0.4) is 0 Å². The largest absolute Gasteiger partial charge is 0.348 e. The summed E-state index contributed by atoms with van der Waals surface area (Å²) in [5.74, 6) is 1.42. The molecule has 2 N–H and O–H groups in total. The summed E-state index contributed by atoms with van der Waals surface area (Å²) in [6.07, 6.45) is 0.971. The molecule has 0 aliphatic carbocycles. The molecule has 0 fully saturated rings. The minimum Gasteiger partial charge on any atom is -0.348 e. The Morgan fingerprint density at radius 1 is 1.48 bits per heavy atom. The van der Waals surface area contributed by atoms with Crippen molar-refractivity contribution in [3.05, 3.63) is 5.82 Å². The van der Waals surface area contributed by atoms with Crippen LogP contribution < -0.4 is 5.73 Å². The van der Waals surface area contributed by atoms with Crippen molar-refractivity contribution in [2.45, 2.75) is 30.6 Å². The van der Waals surface area contributed by atoms with Crippen molar-refractivity contribution in [2.75, 3.05) is 19.8 Å². The number of aromatic nitrogens is 4. The Morgan fingerprint density at radius 3 is 2.81 bits per heavy atom. The van der Waals surface area contributed by atoms with Crippen LogP contribution in [0.1, 0.15) is 32.1 Å². The summed E-state index contributed by atoms with van der Waals surface area (Å²) in [7, 11) is 3.48. The zero-order valence-electron chi connectivity index (χ0n) is 12.6. The van der Waals surface area contributed by atoms with Gasteiger partial charge >= 0.3 is 0 Å². The Morgan fingerprint density at radius 2 is 2.19 bits per heavy atom. The molecule has 0 aliphatic rings. The smallest absolute Gasteiger partial charge is 0.235 e. The number of hydrogen-bond donors (Lipinski definition) is 1. The fourth-order valence-corrected chi connectivity index (χ4v) is 3.50. The summed E-state index contributed by atoms with van der Waals surface area (Å²) >= 11 is 2.83. The number of rotatable bonds is 6. The highest BCUT2D eigenvalue weighted by molar-refractivity contribution is 8.01. The summed E-state index contributed by atoms with van der Waals surface area (Å²) in [6.45, 7) is 4.18. The zero-order chi connectivity index (χ0) is 15.6. The molecule has 116 valence electrons. The van der Waals surface area contributed by atoms with E-state index in [0.717, 1.165) is 10.8 Å². The van der Waals surface area contributed by atoms with Crippen LogP contribution in [0, 0.1) is 5.92 Å². The Labute approximate surface area is 131 Å². The highest BCUT2D eigenvalue weighted by atomic mass is 32.2. The lowest BCUT2D eigenvalue weighted by molar-refractivity contribution is -0.125. The number of nitrogens with zero attached hydrogens (tertiary/aromatic N) is 5. The fraction of sp³-hybridized carbons (Fsp3) is 0.667. The Hall–Kier alpha value is -1.19. The molecule has 2 heterocycles. The second kappa shape index (κ2) is 6.71. The molecule has 0 aromatic carbocycles. The van der Waals surface area contributed by atoms with Gasteiger partial charge in [0.25, 0.3) is 0 Å². The normalized spacial score (nSPS) is 14.3. The monoisotopic (exact) mass is 328 g/mol. The second-order valence-electron chi connectivity index (χ2n) is 5.11. The number of amides is 1. The standard InChI is InChI=1S/C12H20N6OS2/c1-5-7(2)9(13)10-14-15-11-18(10)16-12(21-11)20-6-8(19)17(3)4/h7,9H,5-6,13H2,1-4H3. The average molecular weight is 328 g/mol. The Bertz CT molecular complexity index is 622. The first kappa shape index (κ1) is 16.2. The minimum atomic E-state index is -0.187. The number of carbonyl (C=O) groups is 1. The van der Waals surface area contributed by atoms with Gasteiger partial charge in [-0.05, 0) is 5.92 Å². The molecular weight excluding hydrogens is 308 g/mol. The topological polar surface area (TPSA) is 89.4 Å². The van der Waals surface area contributed by atoms with E-state index < -0.39 is 0 Å². The van der Waals surface area contributed by atoms with E-state index in [4.69, 9.17) is 5.73 Å². The van der Waals surface area contributed by atoms with Gasteiger partial charge in [0.2, 0.25) is 10.9 Å². The first-order valence-corrected chi connectivity index (χ1v) is 8.54. The molecule has 0 spiro atoms. The summed E-state index contributed by atoms with van der Waals surface area (Å²) in [5, 5.41) is 12.7. The van der Waals surface area contributed by atoms with Gasteiger partial charge in [-0.2, -0.15) is 4.52 Å². The van der Waals surface area contributed by atoms with Gasteiger partial charge in [0.15, 0.2) is 10.2 Å². The van der Waals surface area contributed by atoms with Crippen LogP contribution in [-0.4, -0.2) is 50.5 Å². The molecule has 2 unspecified atom stereocenters. The SMILES string of the molecule is CCC(C)C(N)c1nnc2sc(SCC(=O)N(C)C)nn12. The van der Waals surface area contributed by atoms with Crippen LogP contribution in [-0.2, 0) is 4.79 Å². The predicted octanol–water partition coefficient (Wildman–Crippen LogP) is 1.41. The molecule has 2 aromatic rings. The molecule has 0 aliphatic heterocycles. The summed E-state index contributed by atoms with van der Waals surface area (Å²) < 4.78 is 2.50. The van der Waals surface area contributed by atoms with Gasteiger partial charge in [-0.1, -0.05) is 43.4 Å². The lowest BCUT2D eigenvalue weighted by Gasteiger charge is -2.15. The van der Waals surface area contributed by atoms with Gasteiger partial charge in [-0.3, -0.25) is 4.79 Å². The first-order chi connectivity index (χ1) is 9.93. The van der Waals surface area contributed by atoms with E-state index in [2.05, 4.69) is 29.1 Å². The maximum absolute atomic E-state index is 11.6. The molecule has 0 saturated carbocycles. The first-order valence-electron chi connectivity index (χ1n) is 6.74. The molecule has 0 bridgehead atoms. The molecule has 2 aromatic heterocycles. The molecule has 2 atom stereocenters. The second-order valence-corrected chi connectivity index (χ2v) is 7.29. The van der Waals surface area contributed by atoms with E-state index in [-0.39, 0.29) is 11.9 Å². The maximum atomic E-state index is 11.6. The van der Waals surface area contributed by atoms with E-state index in [1.165, 1.54) is 23.1 Å². The van der Waals surface area contributed by atoms with Crippen molar-refractivity contribution in [1.29, 1.82) is 0 Å². The molecule has 0 radical (unpaired) electrons. The van der Waals surface area contributed by atoms with Crippen LogP contribution in [0.5, 0.6) is 0 Å². The van der Waals surface area contributed by atoms with E-state index in [1.807, 2.05) is 0 Å². The molecular formula is C12H20N6OS2. The highest BCUT2D eigenvalue weighted by Gasteiger charge is 2.22. The molecule has 2 rings (SSSR count). The van der Waals surface area contributed by atoms with Crippen molar-refractivity contribution in [3.8, 4) is 0 Å². The van der Waals surface area contributed by atoms with Crippen molar-refractivity contribution >= 4 is 34.0 Å². The van der Waals surface area contributed by atoms with Crippen molar-refractivity contribution in [3.63, 3.8) is 0 Å². The van der Waals surface area contributed by atoms with E-state index in [1.54, 1.807) is 23.5 Å². The third kappa shape index (κ3) is 3.53. The van der Waals surface area contributed by atoms with Gasteiger partial charge in [0.05, 0.1) is 11.8 Å². The van der Waals surface area contributed by atoms with Gasteiger partial charge < -0.3 is 10.6 Å². The zero-order valence-corrected chi connectivity index (χ0v) is 14.2. The molecule has 0 saturated heterocycles. The Kier molecular flexibility index (Phi) is 5.17. The van der Waals surface area contributed by atoms with Gasteiger partial charge in [0.1, 0.15) is 0 Å². The number of carbonyl (C=O) groups excluding carboxylic acids is 1. The summed E-state index contributed by atoms with van der Waals surface area (Å²) in [4.78, 5) is 13.9. The number of thioether (sulfide) groups is 1. The van der Waals surface area contributed by atoms with Crippen LogP contribution in [0.4, 0.5) is 0 Å². The number of fused-ring (bicyclic) bond motifs is 1. The molecule has 9 heteroatoms. The van der Waals surface area contributed by atoms with E-state index in [9.17, 15) is 4.79 Å². The minimum absolute atomic E-state index is 0.0579. The Balaban J connectivity index is 2.15. The van der Waals surface area contributed by atoms with Crippen molar-refractivity contribution in [1.82, 2.24) is 24.7 Å². The lowest BCUT2D eigenvalue weighted by Crippen LogP contribution is -2.23. The van der Waals surface area contributed by atoms with Gasteiger partial charge in [0, 0.05) is 14.1 Å². The molecule has 7 nitrogen and oxygen atoms in total. The maximum Gasteiger partial charge on any atom is 0.235 e. The number of hydrogen-bond acceptors (Lipinski definition) is 7. The average Bonchev–Trinajstić information content (AvgIpc) is 3.02. The van der Waals surface area contributed by atoms with Gasteiger partial charge in [-0.25, -0.2) is 0 Å². The van der Waals surface area contributed by atoms with E-state index in [0.29, 0.717) is 22.5 Å². The highest BCUT2D eigenvalue weighted by Crippen LogP contribution is 2.27. The lowest BCUT2D eigenvalue weighted by atomic mass is 10.00. The van der Waals surface area contributed by atoms with Crippen LogP contribution in [0.25, 0.3) is 4.96 Å². The van der Waals surface area contributed by atoms with Crippen molar-refractivity contribution in [2.24, 2.45) is 11.7 Å². The van der Waals surface area contributed by atoms with Crippen LogP contribution in [0.2, 0.25) is 0 Å². The molecule has 1 amide bonds. The third-order valence-electron chi connectivity index (χ3n) is 3.37. The van der Waals surface area contributed by atoms with Gasteiger partial charge in [-0.15, -0.1) is 15.3 Å².